The van der Waals surface area contributed by atoms with Crippen LogP contribution in [0.25, 0.3) is 0 Å². The Morgan fingerprint density at radius 3 is 2.52 bits per heavy atom. The van der Waals surface area contributed by atoms with Crippen molar-refractivity contribution in [2.45, 2.75) is 24.5 Å². The van der Waals surface area contributed by atoms with Crippen LogP contribution >= 0.6 is 0 Å². The molecule has 5 heteroatoms. The van der Waals surface area contributed by atoms with Crippen LogP contribution in [0.15, 0.2) is 24.3 Å². The number of benzene rings is 1. The molecule has 0 bridgehead atoms. The van der Waals surface area contributed by atoms with E-state index in [0.717, 1.165) is 24.2 Å². The lowest BCUT2D eigenvalue weighted by Gasteiger charge is -2.29. The highest BCUT2D eigenvalue weighted by Crippen LogP contribution is 2.33. The number of hydrogen-bond acceptors (Lipinski definition) is 4. The average molecular weight is 290 g/mol. The standard InChI is InChI=1S/C16H22N2O3/c1-20-14-9-18(10-15(14)21-2)16(19)12-7-8-17-13-6-4-3-5-11(12)13/h3-6,12,14-15,17H,7-10H2,1-2H3. The molecular weight excluding hydrogens is 268 g/mol. The molecule has 1 aromatic carbocycles. The minimum atomic E-state index is -0.0597. The van der Waals surface area contributed by atoms with E-state index in [-0.39, 0.29) is 24.0 Å². The summed E-state index contributed by atoms with van der Waals surface area (Å²) in [6, 6.07) is 8.07. The number of hydrogen-bond donors (Lipinski definition) is 1. The Labute approximate surface area is 125 Å². The van der Waals surface area contributed by atoms with E-state index in [9.17, 15) is 4.79 Å². The zero-order valence-corrected chi connectivity index (χ0v) is 12.5. The molecule has 3 unspecified atom stereocenters. The van der Waals surface area contributed by atoms with Gasteiger partial charge in [-0.1, -0.05) is 18.2 Å². The van der Waals surface area contributed by atoms with E-state index < -0.39 is 0 Å². The lowest BCUT2D eigenvalue weighted by molar-refractivity contribution is -0.132. The van der Waals surface area contributed by atoms with Crippen molar-refractivity contribution in [2.24, 2.45) is 0 Å². The van der Waals surface area contributed by atoms with E-state index in [4.69, 9.17) is 9.47 Å². The molecule has 2 aliphatic rings. The zero-order valence-electron chi connectivity index (χ0n) is 12.5. The summed E-state index contributed by atoms with van der Waals surface area (Å²) >= 11 is 0. The van der Waals surface area contributed by atoms with Gasteiger partial charge in [0.1, 0.15) is 12.2 Å². The minimum absolute atomic E-state index is 0.0316. The second-order valence-electron chi connectivity index (χ2n) is 5.65. The Kier molecular flexibility index (Phi) is 4.12. The number of amides is 1. The van der Waals surface area contributed by atoms with Crippen molar-refractivity contribution in [3.8, 4) is 0 Å². The van der Waals surface area contributed by atoms with Gasteiger partial charge in [0.25, 0.3) is 0 Å². The molecule has 1 amide bonds. The van der Waals surface area contributed by atoms with Crippen LogP contribution in [0.4, 0.5) is 5.69 Å². The van der Waals surface area contributed by atoms with Gasteiger partial charge in [0.15, 0.2) is 0 Å². The van der Waals surface area contributed by atoms with Crippen LogP contribution < -0.4 is 5.32 Å². The highest BCUT2D eigenvalue weighted by atomic mass is 16.5. The summed E-state index contributed by atoms with van der Waals surface area (Å²) in [6.07, 6.45) is 0.772. The minimum Gasteiger partial charge on any atom is -0.385 e. The largest absolute Gasteiger partial charge is 0.385 e. The number of fused-ring (bicyclic) bond motifs is 1. The quantitative estimate of drug-likeness (QED) is 0.915. The van der Waals surface area contributed by atoms with E-state index >= 15 is 0 Å². The number of para-hydroxylation sites is 1. The lowest BCUT2D eigenvalue weighted by Crippen LogP contribution is -2.36. The van der Waals surface area contributed by atoms with Crippen molar-refractivity contribution in [1.29, 1.82) is 0 Å². The van der Waals surface area contributed by atoms with Gasteiger partial charge < -0.3 is 19.7 Å². The topological polar surface area (TPSA) is 50.8 Å². The molecule has 2 heterocycles. The van der Waals surface area contributed by atoms with E-state index in [1.54, 1.807) is 14.2 Å². The molecule has 0 saturated carbocycles. The summed E-state index contributed by atoms with van der Waals surface area (Å²) in [4.78, 5) is 14.8. The van der Waals surface area contributed by atoms with Crippen LogP contribution in [0, 0.1) is 0 Å². The second kappa shape index (κ2) is 6.03. The average Bonchev–Trinajstić information content (AvgIpc) is 2.97. The number of rotatable bonds is 3. The first-order chi connectivity index (χ1) is 10.2. The molecule has 5 nitrogen and oxygen atoms in total. The van der Waals surface area contributed by atoms with Crippen molar-refractivity contribution in [2.75, 3.05) is 39.2 Å². The number of ether oxygens (including phenoxy) is 2. The molecule has 1 aromatic rings. The van der Waals surface area contributed by atoms with Gasteiger partial charge >= 0.3 is 0 Å². The first-order valence-electron chi connectivity index (χ1n) is 7.41. The maximum atomic E-state index is 12.9. The molecule has 0 radical (unpaired) electrons. The summed E-state index contributed by atoms with van der Waals surface area (Å²) in [5, 5.41) is 3.36. The third-order valence-electron chi connectivity index (χ3n) is 4.52. The first-order valence-corrected chi connectivity index (χ1v) is 7.41. The fourth-order valence-electron chi connectivity index (χ4n) is 3.32. The van der Waals surface area contributed by atoms with Gasteiger partial charge in [-0.2, -0.15) is 0 Å². The predicted octanol–water partition coefficient (Wildman–Crippen LogP) is 1.46. The molecule has 1 fully saturated rings. The molecular formula is C16H22N2O3. The van der Waals surface area contributed by atoms with Gasteiger partial charge in [-0.25, -0.2) is 0 Å². The van der Waals surface area contributed by atoms with Gasteiger partial charge in [-0.05, 0) is 18.1 Å². The van der Waals surface area contributed by atoms with Crippen molar-refractivity contribution in [3.63, 3.8) is 0 Å². The zero-order chi connectivity index (χ0) is 14.8. The van der Waals surface area contributed by atoms with E-state index in [1.807, 2.05) is 29.2 Å². The molecule has 21 heavy (non-hydrogen) atoms. The third kappa shape index (κ3) is 2.63. The van der Waals surface area contributed by atoms with Gasteiger partial charge in [-0.15, -0.1) is 0 Å². The fraction of sp³-hybridized carbons (Fsp3) is 0.562. The van der Waals surface area contributed by atoms with Gasteiger partial charge in [0, 0.05) is 39.5 Å². The molecule has 2 aliphatic heterocycles. The number of methoxy groups -OCH3 is 2. The Hall–Kier alpha value is -1.59. The van der Waals surface area contributed by atoms with Gasteiger partial charge in [-0.3, -0.25) is 4.79 Å². The molecule has 3 atom stereocenters. The molecule has 1 N–H and O–H groups in total. The van der Waals surface area contributed by atoms with Crippen LogP contribution in [-0.2, 0) is 14.3 Å². The SMILES string of the molecule is COC1CN(C(=O)C2CCNc3ccccc32)CC1OC. The molecule has 1 saturated heterocycles. The summed E-state index contributed by atoms with van der Waals surface area (Å²) in [7, 11) is 3.34. The molecule has 3 rings (SSSR count). The highest BCUT2D eigenvalue weighted by Gasteiger charge is 2.39. The molecule has 0 aromatic heterocycles. The summed E-state index contributed by atoms with van der Waals surface area (Å²) < 4.78 is 10.8. The smallest absolute Gasteiger partial charge is 0.230 e. The Balaban J connectivity index is 1.78. The summed E-state index contributed by atoms with van der Waals surface area (Å²) in [6.45, 7) is 2.06. The number of nitrogens with zero attached hydrogens (tertiary/aromatic N) is 1. The Bertz CT molecular complexity index is 508. The maximum absolute atomic E-state index is 12.9. The van der Waals surface area contributed by atoms with E-state index in [2.05, 4.69) is 5.32 Å². The van der Waals surface area contributed by atoms with Crippen molar-refractivity contribution < 1.29 is 14.3 Å². The van der Waals surface area contributed by atoms with Crippen LogP contribution in [0.3, 0.4) is 0 Å². The predicted molar refractivity (Wildman–Crippen MR) is 80.5 cm³/mol. The van der Waals surface area contributed by atoms with Crippen molar-refractivity contribution in [1.82, 2.24) is 4.90 Å². The lowest BCUT2D eigenvalue weighted by atomic mass is 9.90. The molecule has 0 aliphatic carbocycles. The molecule has 0 spiro atoms. The Morgan fingerprint density at radius 2 is 1.86 bits per heavy atom. The highest BCUT2D eigenvalue weighted by molar-refractivity contribution is 5.86. The van der Waals surface area contributed by atoms with E-state index in [0.29, 0.717) is 13.1 Å². The summed E-state index contributed by atoms with van der Waals surface area (Å²) in [5.74, 6) is 0.126. The second-order valence-corrected chi connectivity index (χ2v) is 5.65. The van der Waals surface area contributed by atoms with Crippen molar-refractivity contribution in [3.05, 3.63) is 29.8 Å². The number of nitrogens with one attached hydrogen (secondary N) is 1. The van der Waals surface area contributed by atoms with Crippen LogP contribution in [0.1, 0.15) is 17.9 Å². The van der Waals surface area contributed by atoms with Gasteiger partial charge in [0.05, 0.1) is 5.92 Å². The van der Waals surface area contributed by atoms with Crippen LogP contribution in [0.2, 0.25) is 0 Å². The Morgan fingerprint density at radius 1 is 1.19 bits per heavy atom. The van der Waals surface area contributed by atoms with Crippen LogP contribution in [-0.4, -0.2) is 56.9 Å². The number of likely N-dealkylation sites (tertiary alicyclic amines) is 1. The summed E-state index contributed by atoms with van der Waals surface area (Å²) in [5.41, 5.74) is 2.18. The number of carbonyl (C=O) groups is 1. The number of anilines is 1. The first kappa shape index (κ1) is 14.4. The monoisotopic (exact) mass is 290 g/mol. The molecule has 114 valence electrons. The number of carbonyl (C=O) groups excluding carboxylic acids is 1. The fourth-order valence-corrected chi connectivity index (χ4v) is 3.32. The maximum Gasteiger partial charge on any atom is 0.230 e. The third-order valence-corrected chi connectivity index (χ3v) is 4.52. The van der Waals surface area contributed by atoms with Crippen LogP contribution in [0.5, 0.6) is 0 Å². The van der Waals surface area contributed by atoms with Gasteiger partial charge in [0.2, 0.25) is 5.91 Å². The normalized spacial score (nSPS) is 28.1. The van der Waals surface area contributed by atoms with E-state index in [1.165, 1.54) is 0 Å². The van der Waals surface area contributed by atoms with Crippen molar-refractivity contribution >= 4 is 11.6 Å².